The van der Waals surface area contributed by atoms with Gasteiger partial charge < -0.3 is 14.5 Å². The first-order valence-electron chi connectivity index (χ1n) is 8.77. The molecular formula is C19H19ClN2O3. The number of fused-ring (bicyclic) bond motifs is 1. The third kappa shape index (κ3) is 2.19. The van der Waals surface area contributed by atoms with Crippen molar-refractivity contribution in [2.24, 2.45) is 11.8 Å². The fraction of sp³-hybridized carbons (Fsp3) is 0.474. The highest BCUT2D eigenvalue weighted by molar-refractivity contribution is 6.31. The molecule has 130 valence electrons. The molecule has 1 aliphatic heterocycles. The zero-order valence-corrected chi connectivity index (χ0v) is 14.7. The van der Waals surface area contributed by atoms with Gasteiger partial charge in [-0.25, -0.2) is 9.78 Å². The van der Waals surface area contributed by atoms with Gasteiger partial charge in [0.2, 0.25) is 0 Å². The molecule has 5 nitrogen and oxygen atoms in total. The predicted molar refractivity (Wildman–Crippen MR) is 93.1 cm³/mol. The van der Waals surface area contributed by atoms with E-state index in [1.54, 1.807) is 0 Å². The number of benzene rings is 1. The number of allylic oxidation sites excluding steroid dienone is 1. The summed E-state index contributed by atoms with van der Waals surface area (Å²) in [4.78, 5) is 20.2. The number of halogens is 1. The van der Waals surface area contributed by atoms with E-state index < -0.39 is 5.60 Å². The molecule has 0 bridgehead atoms. The number of nitrogens with zero attached hydrogens (tertiary/aromatic N) is 1. The summed E-state index contributed by atoms with van der Waals surface area (Å²) in [5, 5.41) is 0.657. The molecule has 1 aromatic carbocycles. The second kappa shape index (κ2) is 5.32. The van der Waals surface area contributed by atoms with E-state index in [2.05, 4.69) is 16.9 Å². The number of ether oxygens (including phenoxy) is 2. The summed E-state index contributed by atoms with van der Waals surface area (Å²) >= 11 is 6.03. The molecule has 4 atom stereocenters. The van der Waals surface area contributed by atoms with E-state index in [9.17, 15) is 4.79 Å². The Balaban J connectivity index is 1.47. The van der Waals surface area contributed by atoms with Gasteiger partial charge >= 0.3 is 5.97 Å². The number of carbonyl (C=O) groups is 1. The van der Waals surface area contributed by atoms with Gasteiger partial charge in [-0.2, -0.15) is 0 Å². The molecule has 5 rings (SSSR count). The van der Waals surface area contributed by atoms with E-state index in [0.717, 1.165) is 41.7 Å². The third-order valence-electron chi connectivity index (χ3n) is 5.80. The molecule has 25 heavy (non-hydrogen) atoms. The third-order valence-corrected chi connectivity index (χ3v) is 6.04. The van der Waals surface area contributed by atoms with Crippen LogP contribution in [0, 0.1) is 11.8 Å². The molecule has 2 heterocycles. The number of imidazole rings is 1. The highest BCUT2D eigenvalue weighted by Gasteiger charge is 2.63. The van der Waals surface area contributed by atoms with E-state index >= 15 is 0 Å². The summed E-state index contributed by atoms with van der Waals surface area (Å²) in [5.41, 5.74) is 1.87. The molecule has 0 spiro atoms. The highest BCUT2D eigenvalue weighted by atomic mass is 35.5. The second-order valence-corrected chi connectivity index (χ2v) is 7.82. The monoisotopic (exact) mass is 358 g/mol. The summed E-state index contributed by atoms with van der Waals surface area (Å²) in [6.45, 7) is 2.47. The molecule has 2 aliphatic carbocycles. The van der Waals surface area contributed by atoms with Crippen LogP contribution >= 0.6 is 11.6 Å². The molecule has 1 unspecified atom stereocenters. The average Bonchev–Trinajstić information content (AvgIpc) is 3.21. The number of hydrogen-bond donors (Lipinski definition) is 1. The van der Waals surface area contributed by atoms with Gasteiger partial charge in [0, 0.05) is 5.02 Å². The Morgan fingerprint density at radius 2 is 2.32 bits per heavy atom. The van der Waals surface area contributed by atoms with Gasteiger partial charge in [0.25, 0.3) is 0 Å². The van der Waals surface area contributed by atoms with Crippen molar-refractivity contribution in [3.8, 4) is 0 Å². The first-order valence-corrected chi connectivity index (χ1v) is 9.15. The minimum absolute atomic E-state index is 0.164. The lowest BCUT2D eigenvalue weighted by Crippen LogP contribution is -2.46. The summed E-state index contributed by atoms with van der Waals surface area (Å²) in [7, 11) is 0. The van der Waals surface area contributed by atoms with E-state index in [1.807, 2.05) is 24.3 Å². The summed E-state index contributed by atoms with van der Waals surface area (Å²) < 4.78 is 12.0. The molecule has 2 aromatic rings. The predicted octanol–water partition coefficient (Wildman–Crippen LogP) is 3.77. The minimum Gasteiger partial charge on any atom is -0.455 e. The second-order valence-electron chi connectivity index (χ2n) is 7.39. The van der Waals surface area contributed by atoms with Crippen LogP contribution in [0.15, 0.2) is 29.8 Å². The van der Waals surface area contributed by atoms with Gasteiger partial charge in [0.15, 0.2) is 0 Å². The molecule has 6 heteroatoms. The molecule has 1 aromatic heterocycles. The Labute approximate surface area is 150 Å². The van der Waals surface area contributed by atoms with Crippen LogP contribution in [-0.2, 0) is 20.9 Å². The summed E-state index contributed by atoms with van der Waals surface area (Å²) in [5.74, 6) is 1.24. The Morgan fingerprint density at radius 3 is 3.20 bits per heavy atom. The maximum atomic E-state index is 12.3. The molecule has 1 saturated carbocycles. The van der Waals surface area contributed by atoms with Crippen LogP contribution in [0.2, 0.25) is 5.02 Å². The lowest BCUT2D eigenvalue weighted by Gasteiger charge is -2.38. The largest absolute Gasteiger partial charge is 0.455 e. The quantitative estimate of drug-likeness (QED) is 0.848. The molecule has 0 radical (unpaired) electrons. The van der Waals surface area contributed by atoms with Crippen molar-refractivity contribution in [2.45, 2.75) is 44.5 Å². The van der Waals surface area contributed by atoms with E-state index in [-0.39, 0.29) is 12.1 Å². The summed E-state index contributed by atoms with van der Waals surface area (Å²) in [6.07, 6.45) is 4.82. The zero-order chi connectivity index (χ0) is 17.2. The van der Waals surface area contributed by atoms with Crippen molar-refractivity contribution in [3.63, 3.8) is 0 Å². The fourth-order valence-electron chi connectivity index (χ4n) is 4.81. The number of hydrogen-bond acceptors (Lipinski definition) is 4. The van der Waals surface area contributed by atoms with Crippen molar-refractivity contribution in [3.05, 3.63) is 40.7 Å². The number of H-pyrrole nitrogens is 1. The van der Waals surface area contributed by atoms with E-state index in [0.29, 0.717) is 23.5 Å². The average molecular weight is 359 g/mol. The molecule has 1 N–H and O–H groups in total. The Bertz CT molecular complexity index is 905. The number of esters is 1. The van der Waals surface area contributed by atoms with Crippen LogP contribution < -0.4 is 0 Å². The maximum absolute atomic E-state index is 12.3. The van der Waals surface area contributed by atoms with Crippen LogP contribution in [-0.4, -0.2) is 27.6 Å². The van der Waals surface area contributed by atoms with Crippen molar-refractivity contribution >= 4 is 28.6 Å². The standard InChI is InChI=1S/C19H19ClN2O3/c1-10-6-11-2-5-16-19(11,13(7-10)18(23)25-16)24-9-17-21-14-4-3-12(20)8-15(14)22-17/h3-4,7-8,10-11,16H,2,5-6,9H2,1H3,(H,21,22)/t10-,11?,16+,19-/m0/s1. The van der Waals surface area contributed by atoms with Crippen LogP contribution in [0.4, 0.5) is 0 Å². The lowest BCUT2D eigenvalue weighted by molar-refractivity contribution is -0.142. The number of aromatic nitrogens is 2. The van der Waals surface area contributed by atoms with Crippen LogP contribution in [0.1, 0.15) is 32.0 Å². The SMILES string of the molecule is C[C@@H]1C=C2C(=O)O[C@@H]3CCC(C1)[C@]23OCc1nc2cc(Cl)ccc2[nH]1. The number of rotatable bonds is 3. The van der Waals surface area contributed by atoms with Gasteiger partial charge in [-0.15, -0.1) is 0 Å². The Kier molecular flexibility index (Phi) is 3.28. The molecule has 2 fully saturated rings. The van der Waals surface area contributed by atoms with Gasteiger partial charge in [-0.3, -0.25) is 0 Å². The maximum Gasteiger partial charge on any atom is 0.337 e. The van der Waals surface area contributed by atoms with Gasteiger partial charge in [0.05, 0.1) is 16.6 Å². The van der Waals surface area contributed by atoms with Gasteiger partial charge in [-0.05, 0) is 49.3 Å². The van der Waals surface area contributed by atoms with E-state index in [1.165, 1.54) is 0 Å². The Morgan fingerprint density at radius 1 is 1.44 bits per heavy atom. The minimum atomic E-state index is -0.597. The smallest absolute Gasteiger partial charge is 0.337 e. The van der Waals surface area contributed by atoms with Crippen LogP contribution in [0.5, 0.6) is 0 Å². The number of carbonyl (C=O) groups excluding carboxylic acids is 1. The molecular weight excluding hydrogens is 340 g/mol. The van der Waals surface area contributed by atoms with Crippen LogP contribution in [0.25, 0.3) is 11.0 Å². The lowest BCUT2D eigenvalue weighted by atomic mass is 9.73. The van der Waals surface area contributed by atoms with Gasteiger partial charge in [-0.1, -0.05) is 24.6 Å². The zero-order valence-electron chi connectivity index (χ0n) is 13.9. The Hall–Kier alpha value is -1.85. The number of nitrogens with one attached hydrogen (secondary N) is 1. The van der Waals surface area contributed by atoms with E-state index in [4.69, 9.17) is 21.1 Å². The topological polar surface area (TPSA) is 64.2 Å². The highest BCUT2D eigenvalue weighted by Crippen LogP contribution is 2.55. The normalized spacial score (nSPS) is 33.4. The molecule has 1 saturated heterocycles. The summed E-state index contributed by atoms with van der Waals surface area (Å²) in [6, 6.07) is 5.57. The first kappa shape index (κ1) is 15.4. The van der Waals surface area contributed by atoms with Crippen LogP contribution in [0.3, 0.4) is 0 Å². The van der Waals surface area contributed by atoms with Crippen molar-refractivity contribution in [1.29, 1.82) is 0 Å². The van der Waals surface area contributed by atoms with Crippen molar-refractivity contribution in [1.82, 2.24) is 9.97 Å². The van der Waals surface area contributed by atoms with Crippen molar-refractivity contribution in [2.75, 3.05) is 0 Å². The van der Waals surface area contributed by atoms with Gasteiger partial charge in [0.1, 0.15) is 24.1 Å². The fourth-order valence-corrected chi connectivity index (χ4v) is 4.97. The number of aromatic amines is 1. The molecule has 3 aliphatic rings. The van der Waals surface area contributed by atoms with Crippen molar-refractivity contribution < 1.29 is 14.3 Å². The molecule has 0 amide bonds. The first-order chi connectivity index (χ1) is 12.1.